The highest BCUT2D eigenvalue weighted by atomic mass is 16.5. The van der Waals surface area contributed by atoms with Gasteiger partial charge in [-0.05, 0) is 31.2 Å². The average Bonchev–Trinajstić information content (AvgIpc) is 2.87. The third kappa shape index (κ3) is 3.75. The third-order valence-electron chi connectivity index (χ3n) is 4.98. The number of nitrogens with zero attached hydrogens (tertiary/aromatic N) is 2. The molecule has 1 aliphatic heterocycles. The minimum Gasteiger partial charge on any atom is -0.396 e. The Morgan fingerprint density at radius 3 is 3.09 bits per heavy atom. The first-order valence-corrected chi connectivity index (χ1v) is 8.63. The highest BCUT2D eigenvalue weighted by Crippen LogP contribution is 2.24. The number of carbonyl (C=O) groups is 1. The molecule has 2 heterocycles. The van der Waals surface area contributed by atoms with E-state index in [0.29, 0.717) is 39.1 Å². The number of fused-ring (bicyclic) bond motifs is 1. The number of ether oxygens (including phenoxy) is 1. The summed E-state index contributed by atoms with van der Waals surface area (Å²) in [5, 5.41) is 17.1. The number of amides is 1. The van der Waals surface area contributed by atoms with Gasteiger partial charge in [0.15, 0.2) is 0 Å². The highest BCUT2D eigenvalue weighted by molar-refractivity contribution is 5.76. The molecule has 0 spiro atoms. The smallest absolute Gasteiger partial charge is 0.223 e. The van der Waals surface area contributed by atoms with Gasteiger partial charge in [0.25, 0.3) is 0 Å². The Labute approximate surface area is 137 Å². The standard InChI is InChI=1S/C17H27N3O3/c1-17(11-21)10-20(8-9-23-12-17)16(22)7-6-15-13-4-2-3-5-14(13)18-19-15/h21H,2-12H2,1H3,(H,18,19). The van der Waals surface area contributed by atoms with E-state index in [9.17, 15) is 9.90 Å². The molecule has 0 radical (unpaired) electrons. The molecule has 2 aliphatic rings. The predicted molar refractivity (Wildman–Crippen MR) is 86.1 cm³/mol. The lowest BCUT2D eigenvalue weighted by molar-refractivity contribution is -0.132. The molecule has 1 aromatic heterocycles. The first-order valence-electron chi connectivity index (χ1n) is 8.63. The molecule has 6 nitrogen and oxygen atoms in total. The summed E-state index contributed by atoms with van der Waals surface area (Å²) >= 11 is 0. The molecular formula is C17H27N3O3. The van der Waals surface area contributed by atoms with Crippen molar-refractivity contribution in [1.29, 1.82) is 0 Å². The van der Waals surface area contributed by atoms with Gasteiger partial charge >= 0.3 is 0 Å². The Bertz CT molecular complexity index is 557. The molecule has 2 N–H and O–H groups in total. The van der Waals surface area contributed by atoms with Gasteiger partial charge in [0.05, 0.1) is 25.5 Å². The summed E-state index contributed by atoms with van der Waals surface area (Å²) in [6.45, 7) is 4.19. The molecule has 1 atom stereocenters. The van der Waals surface area contributed by atoms with Crippen LogP contribution in [0.5, 0.6) is 0 Å². The van der Waals surface area contributed by atoms with Crippen molar-refractivity contribution in [3.8, 4) is 0 Å². The van der Waals surface area contributed by atoms with Crippen LogP contribution in [0, 0.1) is 5.41 Å². The van der Waals surface area contributed by atoms with E-state index < -0.39 is 0 Å². The highest BCUT2D eigenvalue weighted by Gasteiger charge is 2.31. The number of H-pyrrole nitrogens is 1. The molecule has 23 heavy (non-hydrogen) atoms. The van der Waals surface area contributed by atoms with Crippen LogP contribution in [0.1, 0.15) is 43.1 Å². The quantitative estimate of drug-likeness (QED) is 0.870. The summed E-state index contributed by atoms with van der Waals surface area (Å²) in [5.41, 5.74) is 3.29. The van der Waals surface area contributed by atoms with Gasteiger partial charge in [0.1, 0.15) is 0 Å². The fourth-order valence-corrected chi connectivity index (χ4v) is 3.53. The van der Waals surface area contributed by atoms with Crippen molar-refractivity contribution < 1.29 is 14.6 Å². The maximum absolute atomic E-state index is 12.6. The Morgan fingerprint density at radius 2 is 2.26 bits per heavy atom. The summed E-state index contributed by atoms with van der Waals surface area (Å²) in [5.74, 6) is 0.128. The number of aliphatic hydroxyl groups excluding tert-OH is 1. The first kappa shape index (κ1) is 16.5. The van der Waals surface area contributed by atoms with E-state index in [2.05, 4.69) is 10.2 Å². The van der Waals surface area contributed by atoms with Crippen molar-refractivity contribution >= 4 is 5.91 Å². The molecule has 0 saturated carbocycles. The van der Waals surface area contributed by atoms with Crippen molar-refractivity contribution in [2.45, 2.75) is 45.4 Å². The van der Waals surface area contributed by atoms with Gasteiger partial charge in [-0.2, -0.15) is 5.10 Å². The number of rotatable bonds is 4. The van der Waals surface area contributed by atoms with Gasteiger partial charge in [-0.1, -0.05) is 6.92 Å². The summed E-state index contributed by atoms with van der Waals surface area (Å²) in [4.78, 5) is 14.4. The van der Waals surface area contributed by atoms with Crippen LogP contribution in [-0.4, -0.2) is 59.0 Å². The normalized spacial score (nSPS) is 25.0. The summed E-state index contributed by atoms with van der Waals surface area (Å²) in [6, 6.07) is 0. The monoisotopic (exact) mass is 321 g/mol. The second-order valence-corrected chi connectivity index (χ2v) is 7.17. The second-order valence-electron chi connectivity index (χ2n) is 7.17. The first-order chi connectivity index (χ1) is 11.1. The maximum Gasteiger partial charge on any atom is 0.223 e. The molecule has 1 saturated heterocycles. The molecule has 1 unspecified atom stereocenters. The third-order valence-corrected chi connectivity index (χ3v) is 4.98. The molecule has 1 aromatic rings. The Kier molecular flexibility index (Phi) is 5.02. The number of aromatic nitrogens is 2. The van der Waals surface area contributed by atoms with Crippen LogP contribution in [0.2, 0.25) is 0 Å². The largest absolute Gasteiger partial charge is 0.396 e. The van der Waals surface area contributed by atoms with Crippen LogP contribution < -0.4 is 0 Å². The molecule has 1 amide bonds. The van der Waals surface area contributed by atoms with Crippen LogP contribution in [0.25, 0.3) is 0 Å². The lowest BCUT2D eigenvalue weighted by atomic mass is 9.92. The number of aliphatic hydroxyl groups is 1. The Hall–Kier alpha value is -1.40. The van der Waals surface area contributed by atoms with E-state index in [1.165, 1.54) is 24.1 Å². The minimum absolute atomic E-state index is 0.0314. The second kappa shape index (κ2) is 7.01. The van der Waals surface area contributed by atoms with Crippen molar-refractivity contribution in [3.05, 3.63) is 17.0 Å². The lowest BCUT2D eigenvalue weighted by Gasteiger charge is -2.30. The van der Waals surface area contributed by atoms with Crippen molar-refractivity contribution in [1.82, 2.24) is 15.1 Å². The maximum atomic E-state index is 12.6. The van der Waals surface area contributed by atoms with Crippen LogP contribution in [-0.2, 0) is 28.8 Å². The van der Waals surface area contributed by atoms with E-state index in [4.69, 9.17) is 4.74 Å². The number of aryl methyl sites for hydroxylation is 2. The zero-order valence-electron chi connectivity index (χ0n) is 13.9. The van der Waals surface area contributed by atoms with Gasteiger partial charge in [-0.25, -0.2) is 0 Å². The Balaban J connectivity index is 1.59. The van der Waals surface area contributed by atoms with E-state index in [1.54, 1.807) is 0 Å². The summed E-state index contributed by atoms with van der Waals surface area (Å²) in [6.07, 6.45) is 5.76. The van der Waals surface area contributed by atoms with Crippen LogP contribution >= 0.6 is 0 Å². The van der Waals surface area contributed by atoms with E-state index in [1.807, 2.05) is 11.8 Å². The van der Waals surface area contributed by atoms with E-state index >= 15 is 0 Å². The minimum atomic E-state index is -0.363. The zero-order chi connectivity index (χ0) is 16.3. The lowest BCUT2D eigenvalue weighted by Crippen LogP contribution is -2.42. The van der Waals surface area contributed by atoms with Gasteiger partial charge < -0.3 is 14.7 Å². The SMILES string of the molecule is CC1(CO)COCCN(C(=O)CCc2n[nH]c3c2CCCC3)C1. The van der Waals surface area contributed by atoms with Crippen molar-refractivity contribution in [2.24, 2.45) is 5.41 Å². The van der Waals surface area contributed by atoms with Gasteiger partial charge in [-0.15, -0.1) is 0 Å². The summed E-state index contributed by atoms with van der Waals surface area (Å²) in [7, 11) is 0. The number of nitrogens with one attached hydrogen (secondary N) is 1. The number of hydrogen-bond donors (Lipinski definition) is 2. The van der Waals surface area contributed by atoms with Crippen molar-refractivity contribution in [2.75, 3.05) is 32.9 Å². The van der Waals surface area contributed by atoms with Crippen LogP contribution in [0.3, 0.4) is 0 Å². The topological polar surface area (TPSA) is 78.5 Å². The molecule has 1 aliphatic carbocycles. The number of hydrogen-bond acceptors (Lipinski definition) is 4. The zero-order valence-corrected chi connectivity index (χ0v) is 13.9. The van der Waals surface area contributed by atoms with Gasteiger partial charge in [0, 0.05) is 37.0 Å². The number of aromatic amines is 1. The fraction of sp³-hybridized carbons (Fsp3) is 0.765. The van der Waals surface area contributed by atoms with Crippen LogP contribution in [0.15, 0.2) is 0 Å². The number of carbonyl (C=O) groups excluding carboxylic acids is 1. The molecule has 3 rings (SSSR count). The fourth-order valence-electron chi connectivity index (χ4n) is 3.53. The van der Waals surface area contributed by atoms with E-state index in [0.717, 1.165) is 18.5 Å². The van der Waals surface area contributed by atoms with Crippen LogP contribution in [0.4, 0.5) is 0 Å². The molecule has 0 aromatic carbocycles. The molecule has 0 bridgehead atoms. The van der Waals surface area contributed by atoms with E-state index in [-0.39, 0.29) is 17.9 Å². The van der Waals surface area contributed by atoms with Gasteiger partial charge in [-0.3, -0.25) is 9.89 Å². The Morgan fingerprint density at radius 1 is 1.43 bits per heavy atom. The molecule has 128 valence electrons. The van der Waals surface area contributed by atoms with Gasteiger partial charge in [0.2, 0.25) is 5.91 Å². The average molecular weight is 321 g/mol. The molecular weight excluding hydrogens is 294 g/mol. The molecule has 6 heteroatoms. The predicted octanol–water partition coefficient (Wildman–Crippen LogP) is 1.08. The van der Waals surface area contributed by atoms with Crippen molar-refractivity contribution in [3.63, 3.8) is 0 Å². The molecule has 1 fully saturated rings. The summed E-state index contributed by atoms with van der Waals surface area (Å²) < 4.78 is 5.53.